The first-order chi connectivity index (χ1) is 14.3. The van der Waals surface area contributed by atoms with E-state index in [2.05, 4.69) is 5.32 Å². The molecule has 2 N–H and O–H groups in total. The van der Waals surface area contributed by atoms with Gasteiger partial charge in [-0.2, -0.15) is 0 Å². The molecule has 4 heterocycles. The van der Waals surface area contributed by atoms with E-state index in [-0.39, 0.29) is 17.8 Å². The first-order valence-electron chi connectivity index (χ1n) is 9.47. The summed E-state index contributed by atoms with van der Waals surface area (Å²) in [6.45, 7) is -0.282. The highest BCUT2D eigenvalue weighted by Gasteiger charge is 2.55. The van der Waals surface area contributed by atoms with Crippen LogP contribution in [0.15, 0.2) is 23.1 Å². The smallest absolute Gasteiger partial charge is 0.275 e. The van der Waals surface area contributed by atoms with Crippen molar-refractivity contribution >= 4 is 11.8 Å². The van der Waals surface area contributed by atoms with Gasteiger partial charge in [-0.25, -0.2) is 13.2 Å². The van der Waals surface area contributed by atoms with Crippen LogP contribution < -0.4 is 10.7 Å². The molecular formula is C20H16F3N3O4. The van der Waals surface area contributed by atoms with Crippen molar-refractivity contribution in [3.8, 4) is 5.75 Å². The molecular weight excluding hydrogens is 403 g/mol. The first-order valence-corrected chi connectivity index (χ1v) is 9.47. The Hall–Kier alpha value is -3.30. The van der Waals surface area contributed by atoms with Crippen molar-refractivity contribution in [2.75, 3.05) is 0 Å². The lowest BCUT2D eigenvalue weighted by atomic mass is 9.83. The molecule has 6 rings (SSSR count). The Balaban J connectivity index is 1.44. The highest BCUT2D eigenvalue weighted by Crippen LogP contribution is 2.49. The maximum Gasteiger partial charge on any atom is 0.275 e. The van der Waals surface area contributed by atoms with Crippen LogP contribution in [0.3, 0.4) is 0 Å². The molecule has 0 unspecified atom stereocenters. The van der Waals surface area contributed by atoms with E-state index in [4.69, 9.17) is 0 Å². The van der Waals surface area contributed by atoms with Gasteiger partial charge in [0.25, 0.3) is 11.8 Å². The molecule has 0 radical (unpaired) electrons. The van der Waals surface area contributed by atoms with E-state index in [0.717, 1.165) is 12.8 Å². The molecule has 1 saturated carbocycles. The van der Waals surface area contributed by atoms with Crippen LogP contribution in [-0.4, -0.2) is 38.5 Å². The first kappa shape index (κ1) is 18.7. The van der Waals surface area contributed by atoms with Crippen LogP contribution >= 0.6 is 0 Å². The number of benzene rings is 1. The Kier molecular flexibility index (Phi) is 3.96. The number of aromatic nitrogens is 1. The molecule has 3 fully saturated rings. The lowest BCUT2D eigenvalue weighted by molar-refractivity contribution is 0.0632. The Morgan fingerprint density at radius 3 is 2.50 bits per heavy atom. The van der Waals surface area contributed by atoms with Crippen molar-refractivity contribution in [3.63, 3.8) is 0 Å². The molecule has 2 saturated heterocycles. The number of hydrogen-bond acceptors (Lipinski definition) is 4. The Labute approximate surface area is 167 Å². The second-order valence-corrected chi connectivity index (χ2v) is 7.92. The molecule has 1 aromatic carbocycles. The van der Waals surface area contributed by atoms with Crippen LogP contribution in [0.25, 0.3) is 0 Å². The molecule has 2 bridgehead atoms. The number of nitrogens with one attached hydrogen (secondary N) is 1. The summed E-state index contributed by atoms with van der Waals surface area (Å²) in [5, 5.41) is 12.5. The zero-order valence-electron chi connectivity index (χ0n) is 15.5. The largest absolute Gasteiger partial charge is 0.503 e. The Bertz CT molecular complexity index is 1150. The summed E-state index contributed by atoms with van der Waals surface area (Å²) >= 11 is 0. The van der Waals surface area contributed by atoms with Crippen LogP contribution in [0.2, 0.25) is 0 Å². The summed E-state index contributed by atoms with van der Waals surface area (Å²) in [6.07, 6.45) is 2.96. The second-order valence-electron chi connectivity index (χ2n) is 7.92. The number of carbonyl (C=O) groups excluding carboxylic acids is 2. The van der Waals surface area contributed by atoms with Crippen molar-refractivity contribution in [3.05, 3.63) is 62.8 Å². The number of carbonyl (C=O) groups is 2. The summed E-state index contributed by atoms with van der Waals surface area (Å²) in [7, 11) is 0. The molecule has 1 aliphatic carbocycles. The third kappa shape index (κ3) is 2.55. The molecule has 7 nitrogen and oxygen atoms in total. The van der Waals surface area contributed by atoms with Crippen LogP contribution in [0.1, 0.15) is 39.3 Å². The molecule has 2 amide bonds. The van der Waals surface area contributed by atoms with Gasteiger partial charge in [-0.15, -0.1) is 0 Å². The fourth-order valence-electron chi connectivity index (χ4n) is 4.73. The zero-order valence-corrected chi connectivity index (χ0v) is 15.5. The summed E-state index contributed by atoms with van der Waals surface area (Å²) in [4.78, 5) is 39.5. The van der Waals surface area contributed by atoms with Gasteiger partial charge in [0.2, 0.25) is 5.43 Å². The van der Waals surface area contributed by atoms with Crippen molar-refractivity contribution in [2.45, 2.75) is 38.0 Å². The predicted molar refractivity (Wildman–Crippen MR) is 96.3 cm³/mol. The maximum atomic E-state index is 13.8. The molecule has 0 spiro atoms. The molecule has 1 atom stereocenters. The van der Waals surface area contributed by atoms with Crippen molar-refractivity contribution in [1.82, 2.24) is 14.8 Å². The molecule has 156 valence electrons. The second kappa shape index (κ2) is 6.35. The maximum absolute atomic E-state index is 13.8. The normalized spacial score (nSPS) is 23.6. The van der Waals surface area contributed by atoms with Gasteiger partial charge in [0.15, 0.2) is 11.4 Å². The fraction of sp³-hybridized carbons (Fsp3) is 0.350. The molecule has 3 aliphatic heterocycles. The third-order valence-electron chi connectivity index (χ3n) is 6.30. The van der Waals surface area contributed by atoms with Crippen molar-refractivity contribution in [2.24, 2.45) is 5.92 Å². The van der Waals surface area contributed by atoms with E-state index < -0.39 is 58.1 Å². The summed E-state index contributed by atoms with van der Waals surface area (Å²) in [6, 6.07) is 1.04. The number of pyridine rings is 1. The van der Waals surface area contributed by atoms with Gasteiger partial charge in [-0.3, -0.25) is 14.4 Å². The van der Waals surface area contributed by atoms with Crippen molar-refractivity contribution in [1.29, 1.82) is 0 Å². The average Bonchev–Trinajstić information content (AvgIpc) is 3.18. The number of nitrogens with zero attached hydrogens (tertiary/aromatic N) is 2. The van der Waals surface area contributed by atoms with E-state index in [0.29, 0.717) is 24.6 Å². The lowest BCUT2D eigenvalue weighted by Gasteiger charge is -2.33. The summed E-state index contributed by atoms with van der Waals surface area (Å²) < 4.78 is 41.9. The van der Waals surface area contributed by atoms with E-state index in [1.807, 2.05) is 0 Å². The van der Waals surface area contributed by atoms with Crippen LogP contribution in [0.5, 0.6) is 5.75 Å². The van der Waals surface area contributed by atoms with Crippen LogP contribution in [0, 0.1) is 23.4 Å². The SMILES string of the molecule is O=C(NCc1c(F)cc(F)cc1F)c1cn2c(c(O)c1=O)C(=O)N1[C@H]3C[C@@H](C3)[C@@H]1C2. The predicted octanol–water partition coefficient (Wildman–Crippen LogP) is 1.52. The minimum atomic E-state index is -1.18. The van der Waals surface area contributed by atoms with E-state index in [9.17, 15) is 32.7 Å². The number of rotatable bonds is 3. The van der Waals surface area contributed by atoms with Crippen molar-refractivity contribution < 1.29 is 27.9 Å². The number of hydrogen-bond donors (Lipinski definition) is 2. The molecule has 4 aliphatic rings. The standard InChI is InChI=1S/C20H16F3N3O4/c21-9-3-13(22)11(14(23)4-9)5-24-19(29)12-6-25-7-15-8-1-10(2-8)26(15)20(30)16(25)18(28)17(12)27/h3-4,6,8,10,15,28H,1-2,5,7H2,(H,24,29)/t8-,10-,15-/m0/s1. The Morgan fingerprint density at radius 2 is 1.83 bits per heavy atom. The molecule has 1 aromatic heterocycles. The Morgan fingerprint density at radius 1 is 1.17 bits per heavy atom. The van der Waals surface area contributed by atoms with E-state index in [1.54, 1.807) is 4.90 Å². The van der Waals surface area contributed by atoms with Gasteiger partial charge in [-0.1, -0.05) is 0 Å². The average molecular weight is 419 g/mol. The van der Waals surface area contributed by atoms with Crippen LogP contribution in [-0.2, 0) is 13.1 Å². The van der Waals surface area contributed by atoms with Gasteiger partial charge in [0.05, 0.1) is 6.04 Å². The monoisotopic (exact) mass is 419 g/mol. The topological polar surface area (TPSA) is 91.6 Å². The van der Waals surface area contributed by atoms with E-state index >= 15 is 0 Å². The molecule has 2 aromatic rings. The van der Waals surface area contributed by atoms with Gasteiger partial charge >= 0.3 is 0 Å². The number of aromatic hydroxyl groups is 1. The summed E-state index contributed by atoms with van der Waals surface area (Å²) in [5.41, 5.74) is -2.22. The number of fused-ring (bicyclic) bond motifs is 1. The van der Waals surface area contributed by atoms with Gasteiger partial charge in [0.1, 0.15) is 23.0 Å². The fourth-order valence-corrected chi connectivity index (χ4v) is 4.73. The molecule has 30 heavy (non-hydrogen) atoms. The molecule has 10 heteroatoms. The minimum absolute atomic E-state index is 0.0461. The minimum Gasteiger partial charge on any atom is -0.503 e. The quantitative estimate of drug-likeness (QED) is 0.789. The number of halogens is 3. The zero-order chi connectivity index (χ0) is 21.3. The number of amides is 2. The summed E-state index contributed by atoms with van der Waals surface area (Å²) in [5.74, 6) is -5.33. The lowest BCUT2D eigenvalue weighted by Crippen LogP contribution is -2.46. The van der Waals surface area contributed by atoms with Gasteiger partial charge in [-0.05, 0) is 18.8 Å². The third-order valence-corrected chi connectivity index (χ3v) is 6.30. The highest BCUT2D eigenvalue weighted by molar-refractivity contribution is 5.99. The van der Waals surface area contributed by atoms with Gasteiger partial charge < -0.3 is 19.9 Å². The highest BCUT2D eigenvalue weighted by atomic mass is 19.1. The van der Waals surface area contributed by atoms with Gasteiger partial charge in [0, 0.05) is 43.0 Å². The van der Waals surface area contributed by atoms with E-state index in [1.165, 1.54) is 10.8 Å². The van der Waals surface area contributed by atoms with Crippen LogP contribution in [0.4, 0.5) is 13.2 Å².